The number of esters is 1. The fourth-order valence-corrected chi connectivity index (χ4v) is 3.37. The highest BCUT2D eigenvalue weighted by atomic mass is 16.6. The first kappa shape index (κ1) is 15.5. The summed E-state index contributed by atoms with van der Waals surface area (Å²) >= 11 is 0. The van der Waals surface area contributed by atoms with Crippen LogP contribution in [0.25, 0.3) is 0 Å². The monoisotopic (exact) mass is 307 g/mol. The molecule has 0 spiro atoms. The fraction of sp³-hybridized carbons (Fsp3) is 0.750. The van der Waals surface area contributed by atoms with Crippen LogP contribution in [0.2, 0.25) is 0 Å². The first-order chi connectivity index (χ1) is 10.6. The number of hydrogen-bond acceptors (Lipinski definition) is 6. The molecule has 2 fully saturated rings. The molecule has 122 valence electrons. The van der Waals surface area contributed by atoms with Gasteiger partial charge < -0.3 is 9.15 Å². The van der Waals surface area contributed by atoms with E-state index in [4.69, 9.17) is 9.15 Å². The molecule has 0 saturated carbocycles. The van der Waals surface area contributed by atoms with Crippen LogP contribution < -0.4 is 0 Å². The van der Waals surface area contributed by atoms with E-state index in [1.165, 1.54) is 0 Å². The van der Waals surface area contributed by atoms with E-state index in [1.807, 2.05) is 6.92 Å². The van der Waals surface area contributed by atoms with Gasteiger partial charge >= 0.3 is 5.97 Å². The molecule has 0 aromatic carbocycles. The third-order valence-corrected chi connectivity index (χ3v) is 4.74. The summed E-state index contributed by atoms with van der Waals surface area (Å²) in [6.07, 6.45) is 4.61. The highest BCUT2D eigenvalue weighted by molar-refractivity contribution is 5.78. The minimum atomic E-state index is -0.0592. The van der Waals surface area contributed by atoms with Crippen LogP contribution >= 0.6 is 0 Å². The minimum Gasteiger partial charge on any atom is -0.461 e. The minimum absolute atomic E-state index is 0.0501. The lowest BCUT2D eigenvalue weighted by Gasteiger charge is -2.24. The van der Waals surface area contributed by atoms with Gasteiger partial charge in [-0.1, -0.05) is 6.92 Å². The predicted octanol–water partition coefficient (Wildman–Crippen LogP) is 1.45. The van der Waals surface area contributed by atoms with Gasteiger partial charge in [-0.05, 0) is 20.4 Å². The molecule has 0 unspecified atom stereocenters. The second-order valence-electron chi connectivity index (χ2n) is 6.43. The smallest absolute Gasteiger partial charge is 0.323 e. The molecule has 3 rings (SSSR count). The summed E-state index contributed by atoms with van der Waals surface area (Å²) < 4.78 is 11.0. The first-order valence-corrected chi connectivity index (χ1v) is 8.15. The van der Waals surface area contributed by atoms with Crippen LogP contribution in [0.4, 0.5) is 0 Å². The number of hydrogen-bond donors (Lipinski definition) is 0. The Kier molecular flexibility index (Phi) is 4.49. The van der Waals surface area contributed by atoms with Gasteiger partial charge in [-0.2, -0.15) is 0 Å². The van der Waals surface area contributed by atoms with Crippen molar-refractivity contribution in [1.29, 1.82) is 0 Å². The van der Waals surface area contributed by atoms with E-state index in [-0.39, 0.29) is 18.1 Å². The Balaban J connectivity index is 1.54. The standard InChI is InChI=1S/C16H25N3O3/c1-4-13-8-17-15(22-13)10-18(3)12-5-6-19(9-12)14-7-11(2)21-16(14)20/h8,11-12,14H,4-7,9-10H2,1-3H3/t11-,12+,14+/m0/s1. The Hall–Kier alpha value is -1.40. The van der Waals surface area contributed by atoms with Gasteiger partial charge in [0.1, 0.15) is 17.9 Å². The maximum absolute atomic E-state index is 11.9. The number of likely N-dealkylation sites (tertiary alicyclic amines) is 1. The lowest BCUT2D eigenvalue weighted by molar-refractivity contribution is -0.144. The summed E-state index contributed by atoms with van der Waals surface area (Å²) in [4.78, 5) is 20.7. The maximum Gasteiger partial charge on any atom is 0.323 e. The topological polar surface area (TPSA) is 58.8 Å². The van der Waals surface area contributed by atoms with Crippen molar-refractivity contribution in [2.24, 2.45) is 0 Å². The van der Waals surface area contributed by atoms with Crippen molar-refractivity contribution >= 4 is 5.97 Å². The van der Waals surface area contributed by atoms with E-state index < -0.39 is 0 Å². The summed E-state index contributed by atoms with van der Waals surface area (Å²) in [6, 6.07) is 0.377. The number of cyclic esters (lactones) is 1. The maximum atomic E-state index is 11.9. The van der Waals surface area contributed by atoms with E-state index in [9.17, 15) is 4.79 Å². The average molecular weight is 307 g/mol. The fourth-order valence-electron chi connectivity index (χ4n) is 3.37. The van der Waals surface area contributed by atoms with Gasteiger partial charge in [0.2, 0.25) is 5.89 Å². The highest BCUT2D eigenvalue weighted by Gasteiger charge is 2.40. The first-order valence-electron chi connectivity index (χ1n) is 8.15. The number of aromatic nitrogens is 1. The molecule has 2 aliphatic rings. The highest BCUT2D eigenvalue weighted by Crippen LogP contribution is 2.25. The van der Waals surface area contributed by atoms with Crippen molar-refractivity contribution in [3.8, 4) is 0 Å². The molecular formula is C16H25N3O3. The Morgan fingerprint density at radius 2 is 2.32 bits per heavy atom. The molecule has 3 heterocycles. The normalized spacial score (nSPS) is 29.5. The zero-order valence-corrected chi connectivity index (χ0v) is 13.6. The Labute approximate surface area is 131 Å². The van der Waals surface area contributed by atoms with Crippen molar-refractivity contribution in [3.05, 3.63) is 17.8 Å². The van der Waals surface area contributed by atoms with Gasteiger partial charge in [0.15, 0.2) is 0 Å². The van der Waals surface area contributed by atoms with Crippen LogP contribution in [0, 0.1) is 0 Å². The van der Waals surface area contributed by atoms with E-state index in [0.29, 0.717) is 12.6 Å². The van der Waals surface area contributed by atoms with Crippen LogP contribution in [-0.4, -0.2) is 59.1 Å². The van der Waals surface area contributed by atoms with Crippen LogP contribution in [0.3, 0.4) is 0 Å². The quantitative estimate of drug-likeness (QED) is 0.767. The third-order valence-electron chi connectivity index (χ3n) is 4.74. The van der Waals surface area contributed by atoms with Gasteiger partial charge in [-0.25, -0.2) is 4.98 Å². The molecule has 0 aliphatic carbocycles. The molecule has 0 bridgehead atoms. The van der Waals surface area contributed by atoms with E-state index >= 15 is 0 Å². The van der Waals surface area contributed by atoms with Gasteiger partial charge in [-0.15, -0.1) is 0 Å². The van der Waals surface area contributed by atoms with Gasteiger partial charge in [0.25, 0.3) is 0 Å². The molecule has 3 atom stereocenters. The third kappa shape index (κ3) is 3.17. The molecule has 0 N–H and O–H groups in total. The van der Waals surface area contributed by atoms with Crippen LogP contribution in [0.1, 0.15) is 38.3 Å². The molecule has 2 aliphatic heterocycles. The number of rotatable bonds is 5. The number of nitrogens with zero attached hydrogens (tertiary/aromatic N) is 3. The molecule has 6 heteroatoms. The second kappa shape index (κ2) is 6.38. The van der Waals surface area contributed by atoms with Gasteiger partial charge in [0, 0.05) is 32.0 Å². The van der Waals surface area contributed by atoms with Crippen molar-refractivity contribution in [2.45, 2.75) is 57.8 Å². The molecule has 6 nitrogen and oxygen atoms in total. The Bertz CT molecular complexity index is 530. The Morgan fingerprint density at radius 1 is 1.50 bits per heavy atom. The van der Waals surface area contributed by atoms with Gasteiger partial charge in [-0.3, -0.25) is 14.6 Å². The number of aryl methyl sites for hydroxylation is 1. The number of carbonyl (C=O) groups is 1. The number of oxazole rings is 1. The van der Waals surface area contributed by atoms with Crippen LogP contribution in [0.15, 0.2) is 10.6 Å². The summed E-state index contributed by atoms with van der Waals surface area (Å²) in [5, 5.41) is 0. The summed E-state index contributed by atoms with van der Waals surface area (Å²) in [6.45, 7) is 6.59. The van der Waals surface area contributed by atoms with Crippen LogP contribution in [-0.2, 0) is 22.5 Å². The lowest BCUT2D eigenvalue weighted by Crippen LogP contribution is -2.40. The molecule has 0 radical (unpaired) electrons. The van der Waals surface area contributed by atoms with Crippen molar-refractivity contribution in [3.63, 3.8) is 0 Å². The lowest BCUT2D eigenvalue weighted by atomic mass is 10.1. The second-order valence-corrected chi connectivity index (χ2v) is 6.43. The summed E-state index contributed by atoms with van der Waals surface area (Å²) in [7, 11) is 2.10. The molecule has 2 saturated heterocycles. The molecule has 1 aromatic rings. The van der Waals surface area contributed by atoms with Crippen molar-refractivity contribution in [1.82, 2.24) is 14.8 Å². The molecule has 1 aromatic heterocycles. The zero-order chi connectivity index (χ0) is 15.7. The Morgan fingerprint density at radius 3 is 2.95 bits per heavy atom. The van der Waals surface area contributed by atoms with Crippen molar-refractivity contribution in [2.75, 3.05) is 20.1 Å². The largest absolute Gasteiger partial charge is 0.461 e. The molecule has 22 heavy (non-hydrogen) atoms. The van der Waals surface area contributed by atoms with Crippen LogP contribution in [0.5, 0.6) is 0 Å². The number of ether oxygens (including phenoxy) is 1. The van der Waals surface area contributed by atoms with Crippen molar-refractivity contribution < 1.29 is 13.9 Å². The SMILES string of the molecule is CCc1cnc(CN(C)[C@@H]2CCN([C@@H]3C[C@H](C)OC3=O)C2)o1. The summed E-state index contributed by atoms with van der Waals surface area (Å²) in [5.41, 5.74) is 0. The summed E-state index contributed by atoms with van der Waals surface area (Å²) in [5.74, 6) is 1.64. The van der Waals surface area contributed by atoms with Gasteiger partial charge in [0.05, 0.1) is 12.7 Å². The van der Waals surface area contributed by atoms with E-state index in [1.54, 1.807) is 6.20 Å². The average Bonchev–Trinajstić information content (AvgIpc) is 3.18. The van der Waals surface area contributed by atoms with E-state index in [0.717, 1.165) is 44.0 Å². The number of likely N-dealkylation sites (N-methyl/N-ethyl adjacent to an activating group) is 1. The van der Waals surface area contributed by atoms with E-state index in [2.05, 4.69) is 28.8 Å². The molecule has 0 amide bonds. The molecular weight excluding hydrogens is 282 g/mol. The predicted molar refractivity (Wildman–Crippen MR) is 81.3 cm³/mol. The number of carbonyl (C=O) groups excluding carboxylic acids is 1. The zero-order valence-electron chi connectivity index (χ0n) is 13.6.